The first-order chi connectivity index (χ1) is 25.4. The molecule has 6 rings (SSSR count). The van der Waals surface area contributed by atoms with Crippen LogP contribution in [0.1, 0.15) is 79.1 Å². The van der Waals surface area contributed by atoms with Gasteiger partial charge in [-0.3, -0.25) is 0 Å². The molecule has 0 atom stereocenters. The number of quaternary nitrogens is 1. The molecule has 0 bridgehead atoms. The van der Waals surface area contributed by atoms with Gasteiger partial charge in [-0.05, 0) is 25.7 Å². The number of unbranched alkanes of at least 4 members (excludes halogenated alkanes) is 4. The second kappa shape index (κ2) is 16.8. The fourth-order valence-electron chi connectivity index (χ4n) is 6.31. The molecule has 0 unspecified atom stereocenters. The molecule has 0 saturated heterocycles. The molecular formula is C34H36Cl12NO6P. The van der Waals surface area contributed by atoms with Gasteiger partial charge in [0.2, 0.25) is 0 Å². The summed E-state index contributed by atoms with van der Waals surface area (Å²) in [4.78, 5) is 0. The van der Waals surface area contributed by atoms with Gasteiger partial charge < -0.3 is 4.48 Å². The molecule has 0 aromatic heterocycles. The second-order valence-corrected chi connectivity index (χ2v) is 20.9. The summed E-state index contributed by atoms with van der Waals surface area (Å²) < 4.78 is 38.3. The van der Waals surface area contributed by atoms with Crippen LogP contribution in [-0.4, -0.2) is 30.7 Å². The molecule has 3 aromatic rings. The first-order valence-corrected chi connectivity index (χ1v) is 23.9. The Kier molecular flexibility index (Phi) is 14.1. The van der Waals surface area contributed by atoms with Gasteiger partial charge in [0.1, 0.15) is 0 Å². The van der Waals surface area contributed by atoms with E-state index in [0.29, 0.717) is 0 Å². The van der Waals surface area contributed by atoms with Crippen LogP contribution >= 0.6 is 147 Å². The number of fused-ring (bicyclic) bond motifs is 3. The van der Waals surface area contributed by atoms with Crippen LogP contribution in [0.25, 0.3) is 0 Å². The summed E-state index contributed by atoms with van der Waals surface area (Å²) in [5.74, 6) is -2.13. The standard InChI is InChI=1S/C18Cl12O6P.C16H36N/c19-1-2(20)8(26)14-13(7(1)25)31-37(32-14,33-15-9(27)3(21)4(22)10(28)16(15)34-37)35-17-11(29)5(23)6(24)12(30)18(17)36-37;1-5-9-13-17(14-10-6-2,15-11-7-3)16-12-8-4/h;5-16H2,1-4H3/q-1;+1. The monoisotopic (exact) mass is 1000 g/mol. The molecule has 0 radical (unpaired) electrons. The minimum absolute atomic E-state index is 0.205. The van der Waals surface area contributed by atoms with Gasteiger partial charge in [-0.2, -0.15) is 0 Å². The Morgan fingerprint density at radius 3 is 0.630 bits per heavy atom. The quantitative estimate of drug-likeness (QED) is 0.0780. The van der Waals surface area contributed by atoms with Gasteiger partial charge in [-0.1, -0.05) is 53.4 Å². The molecule has 0 fully saturated rings. The van der Waals surface area contributed by atoms with E-state index in [9.17, 15) is 0 Å². The van der Waals surface area contributed by atoms with E-state index in [1.807, 2.05) is 0 Å². The third-order valence-electron chi connectivity index (χ3n) is 9.16. The summed E-state index contributed by atoms with van der Waals surface area (Å²) in [7, 11) is -6.81. The third-order valence-corrected chi connectivity index (χ3v) is 17.8. The van der Waals surface area contributed by atoms with Crippen molar-refractivity contribution in [2.75, 3.05) is 26.2 Å². The zero-order valence-corrected chi connectivity index (χ0v) is 39.3. The topological polar surface area (TPSA) is 55.4 Å². The Hall–Kier alpha value is 0.330. The number of benzene rings is 3. The number of halogens is 12. The Labute approximate surface area is 374 Å². The maximum atomic E-state index is 6.42. The predicted molar refractivity (Wildman–Crippen MR) is 229 cm³/mol. The SMILES string of the molecule is CCCC[N+](CCCC)(CCCC)CCCC.Clc1c(Cl)c(Cl)c2c(c1Cl)O[P-]13(O2)(Oc2c(Cl)c(Cl)c(Cl)c(Cl)c2O1)Oc1c(Cl)c(Cl)c(Cl)c(Cl)c1O3. The van der Waals surface area contributed by atoms with E-state index in [4.69, 9.17) is 166 Å². The van der Waals surface area contributed by atoms with Crippen LogP contribution in [0.2, 0.25) is 60.3 Å². The molecule has 3 heterocycles. The number of nitrogens with zero attached hydrogens (tertiary/aromatic N) is 1. The van der Waals surface area contributed by atoms with Crippen molar-refractivity contribution in [3.8, 4) is 34.5 Å². The Balaban J connectivity index is 0.000000281. The van der Waals surface area contributed by atoms with Crippen molar-refractivity contribution in [2.24, 2.45) is 0 Å². The van der Waals surface area contributed by atoms with Crippen LogP contribution in [0.3, 0.4) is 0 Å². The van der Waals surface area contributed by atoms with Crippen molar-refractivity contribution in [2.45, 2.75) is 79.1 Å². The van der Waals surface area contributed by atoms with E-state index >= 15 is 0 Å². The molecule has 1 spiro atoms. The number of rotatable bonds is 12. The fourth-order valence-corrected chi connectivity index (χ4v) is 13.2. The molecule has 302 valence electrons. The van der Waals surface area contributed by atoms with E-state index in [0.717, 1.165) is 0 Å². The molecule has 0 aliphatic carbocycles. The van der Waals surface area contributed by atoms with Crippen molar-refractivity contribution < 1.29 is 31.6 Å². The van der Waals surface area contributed by atoms with Crippen molar-refractivity contribution in [1.82, 2.24) is 0 Å². The minimum atomic E-state index is -6.81. The van der Waals surface area contributed by atoms with Crippen LogP contribution in [-0.2, 0) is 0 Å². The second-order valence-electron chi connectivity index (χ2n) is 13.1. The summed E-state index contributed by atoms with van der Waals surface area (Å²) in [6.45, 7) is 15.0. The van der Waals surface area contributed by atoms with Crippen molar-refractivity contribution >= 4 is 147 Å². The Morgan fingerprint density at radius 2 is 0.481 bits per heavy atom. The van der Waals surface area contributed by atoms with E-state index in [1.54, 1.807) is 0 Å². The normalized spacial score (nSPS) is 17.6. The first kappa shape index (κ1) is 45.4. The molecule has 20 heteroatoms. The van der Waals surface area contributed by atoms with Gasteiger partial charge in [-0.15, -0.1) is 0 Å². The molecule has 3 aliphatic rings. The molecule has 0 amide bonds. The fraction of sp³-hybridized carbons (Fsp3) is 0.471. The van der Waals surface area contributed by atoms with Crippen LogP contribution in [0.4, 0.5) is 0 Å². The average molecular weight is 1010 g/mol. The molecule has 3 aromatic carbocycles. The van der Waals surface area contributed by atoms with Crippen LogP contribution in [0.5, 0.6) is 34.5 Å². The average Bonchev–Trinajstić information content (AvgIpc) is 3.78. The van der Waals surface area contributed by atoms with Crippen LogP contribution in [0.15, 0.2) is 0 Å². The van der Waals surface area contributed by atoms with Gasteiger partial charge >= 0.3 is 268 Å². The van der Waals surface area contributed by atoms with Gasteiger partial charge in [0.15, 0.2) is 0 Å². The number of hydrogen-bond acceptors (Lipinski definition) is 6. The number of hydrogen-bond donors (Lipinski definition) is 0. The summed E-state index contributed by atoms with van der Waals surface area (Å²) in [6.07, 6.45) is 11.1. The first-order valence-electron chi connectivity index (χ1n) is 17.2. The van der Waals surface area contributed by atoms with Crippen molar-refractivity contribution in [3.63, 3.8) is 0 Å². The van der Waals surface area contributed by atoms with E-state index < -0.39 is 7.31 Å². The van der Waals surface area contributed by atoms with Crippen LogP contribution < -0.4 is 27.1 Å². The summed E-state index contributed by atoms with van der Waals surface area (Å²) in [6, 6.07) is 0. The summed E-state index contributed by atoms with van der Waals surface area (Å²) >= 11 is 75.9. The molecule has 54 heavy (non-hydrogen) atoms. The zero-order chi connectivity index (χ0) is 40.0. The van der Waals surface area contributed by atoms with Crippen molar-refractivity contribution in [1.29, 1.82) is 0 Å². The van der Waals surface area contributed by atoms with Gasteiger partial charge in [0.05, 0.1) is 26.2 Å². The van der Waals surface area contributed by atoms with Crippen LogP contribution in [0, 0.1) is 0 Å². The maximum absolute atomic E-state index is 6.81. The zero-order valence-electron chi connectivity index (χ0n) is 29.4. The summed E-state index contributed by atoms with van der Waals surface area (Å²) in [5, 5.41) is -2.92. The third kappa shape index (κ3) is 7.64. The van der Waals surface area contributed by atoms with E-state index in [2.05, 4.69) is 27.7 Å². The molecule has 0 saturated carbocycles. The van der Waals surface area contributed by atoms with Gasteiger partial charge in [0.25, 0.3) is 0 Å². The van der Waals surface area contributed by atoms with E-state index in [-0.39, 0.29) is 94.8 Å². The van der Waals surface area contributed by atoms with E-state index in [1.165, 1.54) is 82.0 Å². The predicted octanol–water partition coefficient (Wildman–Crippen LogP) is 17.8. The Morgan fingerprint density at radius 1 is 0.315 bits per heavy atom. The Bertz CT molecular complexity index is 1640. The van der Waals surface area contributed by atoms with Gasteiger partial charge in [-0.25, -0.2) is 0 Å². The molecule has 3 aliphatic heterocycles. The molecule has 0 N–H and O–H groups in total. The van der Waals surface area contributed by atoms with Crippen molar-refractivity contribution in [3.05, 3.63) is 60.3 Å². The molecular weight excluding hydrogens is 975 g/mol. The van der Waals surface area contributed by atoms with Gasteiger partial charge in [0, 0.05) is 0 Å². The molecule has 7 nitrogen and oxygen atoms in total. The summed E-state index contributed by atoms with van der Waals surface area (Å²) in [5.41, 5.74) is 0.